The number of hydrogen-bond donors (Lipinski definition) is 1. The summed E-state index contributed by atoms with van der Waals surface area (Å²) in [5.74, 6) is 5.77. The summed E-state index contributed by atoms with van der Waals surface area (Å²) in [6.07, 6.45) is 2.20. The second-order valence-corrected chi connectivity index (χ2v) is 7.51. The fourth-order valence-electron chi connectivity index (χ4n) is 2.35. The van der Waals surface area contributed by atoms with Crippen molar-refractivity contribution in [1.29, 1.82) is 0 Å². The molecule has 5 heteroatoms. The summed E-state index contributed by atoms with van der Waals surface area (Å²) in [6, 6.07) is 5.12. The van der Waals surface area contributed by atoms with E-state index in [0.29, 0.717) is 21.9 Å². The van der Waals surface area contributed by atoms with Gasteiger partial charge in [-0.05, 0) is 50.3 Å². The van der Waals surface area contributed by atoms with Crippen LogP contribution in [0.15, 0.2) is 23.1 Å². The van der Waals surface area contributed by atoms with Gasteiger partial charge in [0.1, 0.15) is 6.61 Å². The molecule has 1 N–H and O–H groups in total. The molecule has 1 saturated carbocycles. The number of aliphatic hydroxyl groups is 1. The van der Waals surface area contributed by atoms with Gasteiger partial charge in [-0.25, -0.2) is 8.42 Å². The predicted molar refractivity (Wildman–Crippen MR) is 82.3 cm³/mol. The van der Waals surface area contributed by atoms with Crippen LogP contribution in [0.2, 0.25) is 0 Å². The van der Waals surface area contributed by atoms with Crippen LogP contribution in [0, 0.1) is 24.7 Å². The lowest BCUT2D eigenvalue weighted by Crippen LogP contribution is -2.36. The average Bonchev–Trinajstić information content (AvgIpc) is 3.29. The molecule has 0 saturated heterocycles. The summed E-state index contributed by atoms with van der Waals surface area (Å²) in [4.78, 5) is 0.294. The van der Waals surface area contributed by atoms with E-state index >= 15 is 0 Å². The van der Waals surface area contributed by atoms with Gasteiger partial charge in [-0.1, -0.05) is 17.9 Å². The maximum atomic E-state index is 12.8. The zero-order valence-corrected chi connectivity index (χ0v) is 13.4. The summed E-state index contributed by atoms with van der Waals surface area (Å²) in [6.45, 7) is 3.50. The van der Waals surface area contributed by atoms with E-state index in [1.165, 1.54) is 4.31 Å². The molecule has 21 heavy (non-hydrogen) atoms. The lowest BCUT2D eigenvalue weighted by atomic mass is 10.1. The molecular formula is C16H21NO3S. The van der Waals surface area contributed by atoms with Crippen LogP contribution >= 0.6 is 0 Å². The lowest BCUT2D eigenvalue weighted by molar-refractivity contribution is 0.350. The van der Waals surface area contributed by atoms with E-state index in [4.69, 9.17) is 5.11 Å². The molecule has 0 bridgehead atoms. The molecule has 1 atom stereocenters. The van der Waals surface area contributed by atoms with Crippen molar-refractivity contribution >= 4 is 10.0 Å². The number of aryl methyl sites for hydroxylation is 1. The molecule has 1 fully saturated rings. The predicted octanol–water partition coefficient (Wildman–Crippen LogP) is 1.76. The topological polar surface area (TPSA) is 57.6 Å². The van der Waals surface area contributed by atoms with Crippen LogP contribution in [-0.2, 0) is 10.0 Å². The van der Waals surface area contributed by atoms with Crippen molar-refractivity contribution in [3.63, 3.8) is 0 Å². The quantitative estimate of drug-likeness (QED) is 0.862. The molecule has 2 rings (SSSR count). The second kappa shape index (κ2) is 6.18. The molecule has 0 radical (unpaired) electrons. The molecular weight excluding hydrogens is 286 g/mol. The van der Waals surface area contributed by atoms with Gasteiger partial charge in [-0.2, -0.15) is 4.31 Å². The van der Waals surface area contributed by atoms with E-state index in [1.54, 1.807) is 32.2 Å². The minimum Gasteiger partial charge on any atom is -0.384 e. The summed E-state index contributed by atoms with van der Waals surface area (Å²) in [5, 5.41) is 8.74. The Kier molecular flexibility index (Phi) is 4.72. The molecule has 0 aliphatic heterocycles. The largest absolute Gasteiger partial charge is 0.384 e. The number of sulfonamides is 1. The normalized spacial score (nSPS) is 16.4. The molecule has 1 aliphatic rings. The highest BCUT2D eigenvalue weighted by molar-refractivity contribution is 7.89. The van der Waals surface area contributed by atoms with E-state index in [9.17, 15) is 8.42 Å². The third-order valence-corrected chi connectivity index (χ3v) is 6.12. The minimum absolute atomic E-state index is 0.0154. The van der Waals surface area contributed by atoms with Crippen LogP contribution in [0.25, 0.3) is 0 Å². The van der Waals surface area contributed by atoms with Gasteiger partial charge in [0.2, 0.25) is 10.0 Å². The maximum Gasteiger partial charge on any atom is 0.243 e. The van der Waals surface area contributed by atoms with Crippen molar-refractivity contribution in [3.8, 4) is 11.8 Å². The number of aliphatic hydroxyl groups excluding tert-OH is 1. The van der Waals surface area contributed by atoms with Gasteiger partial charge in [-0.15, -0.1) is 0 Å². The Bertz CT molecular complexity index is 681. The van der Waals surface area contributed by atoms with Gasteiger partial charge in [0, 0.05) is 18.7 Å². The zero-order valence-electron chi connectivity index (χ0n) is 12.6. The third-order valence-electron chi connectivity index (χ3n) is 4.03. The summed E-state index contributed by atoms with van der Waals surface area (Å²) in [5.41, 5.74) is 1.31. The monoisotopic (exact) mass is 307 g/mol. The van der Waals surface area contributed by atoms with E-state index < -0.39 is 10.0 Å². The number of benzene rings is 1. The average molecular weight is 307 g/mol. The van der Waals surface area contributed by atoms with Crippen LogP contribution in [0.1, 0.15) is 30.9 Å². The third kappa shape index (κ3) is 3.46. The summed E-state index contributed by atoms with van der Waals surface area (Å²) >= 11 is 0. The smallest absolute Gasteiger partial charge is 0.243 e. The number of nitrogens with zero attached hydrogens (tertiary/aromatic N) is 1. The van der Waals surface area contributed by atoms with Gasteiger partial charge < -0.3 is 5.11 Å². The van der Waals surface area contributed by atoms with Gasteiger partial charge in [-0.3, -0.25) is 0 Å². The van der Waals surface area contributed by atoms with Gasteiger partial charge in [0.25, 0.3) is 0 Å². The van der Waals surface area contributed by atoms with Gasteiger partial charge in [0.15, 0.2) is 0 Å². The molecule has 0 amide bonds. The first-order valence-electron chi connectivity index (χ1n) is 7.06. The van der Waals surface area contributed by atoms with Crippen molar-refractivity contribution in [2.24, 2.45) is 5.92 Å². The van der Waals surface area contributed by atoms with Crippen LogP contribution in [0.5, 0.6) is 0 Å². The molecule has 1 aromatic rings. The van der Waals surface area contributed by atoms with Crippen LogP contribution in [-0.4, -0.2) is 37.5 Å². The van der Waals surface area contributed by atoms with Crippen molar-refractivity contribution < 1.29 is 13.5 Å². The van der Waals surface area contributed by atoms with Crippen molar-refractivity contribution in [3.05, 3.63) is 29.3 Å². The minimum atomic E-state index is -3.52. The molecule has 0 aromatic heterocycles. The first-order chi connectivity index (χ1) is 9.87. The Morgan fingerprint density at radius 1 is 1.43 bits per heavy atom. The van der Waals surface area contributed by atoms with E-state index in [1.807, 2.05) is 6.92 Å². The standard InChI is InChI=1S/C16H21NO3S/c1-12-6-7-14(5-4-10-18)11-16(12)21(19,20)17(3)13(2)15-8-9-15/h6-7,11,13,15,18H,8-10H2,1-3H3. The Hall–Kier alpha value is -1.35. The van der Waals surface area contributed by atoms with E-state index in [0.717, 1.165) is 12.8 Å². The Morgan fingerprint density at radius 3 is 2.67 bits per heavy atom. The fourth-order valence-corrected chi connectivity index (χ4v) is 4.02. The highest BCUT2D eigenvalue weighted by Crippen LogP contribution is 2.36. The van der Waals surface area contributed by atoms with E-state index in [2.05, 4.69) is 11.8 Å². The fraction of sp³-hybridized carbons (Fsp3) is 0.500. The Labute approximate surface area is 126 Å². The van der Waals surface area contributed by atoms with E-state index in [-0.39, 0.29) is 12.6 Å². The number of hydrogen-bond acceptors (Lipinski definition) is 3. The van der Waals surface area contributed by atoms with Crippen LogP contribution in [0.3, 0.4) is 0 Å². The maximum absolute atomic E-state index is 12.8. The molecule has 1 aromatic carbocycles. The Morgan fingerprint density at radius 2 is 2.10 bits per heavy atom. The first kappa shape index (κ1) is 16.0. The number of rotatable bonds is 4. The zero-order chi connectivity index (χ0) is 15.6. The van der Waals surface area contributed by atoms with Gasteiger partial charge >= 0.3 is 0 Å². The molecule has 0 spiro atoms. The van der Waals surface area contributed by atoms with Crippen molar-refractivity contribution in [1.82, 2.24) is 4.31 Å². The summed E-state index contributed by atoms with van der Waals surface area (Å²) in [7, 11) is -1.88. The highest BCUT2D eigenvalue weighted by atomic mass is 32.2. The van der Waals surface area contributed by atoms with Crippen LogP contribution in [0.4, 0.5) is 0 Å². The van der Waals surface area contributed by atoms with Gasteiger partial charge in [0.05, 0.1) is 4.90 Å². The van der Waals surface area contributed by atoms with Crippen molar-refractivity contribution in [2.45, 2.75) is 37.6 Å². The SMILES string of the molecule is Cc1ccc(C#CCO)cc1S(=O)(=O)N(C)C(C)C1CC1. The Balaban J connectivity index is 2.38. The lowest BCUT2D eigenvalue weighted by Gasteiger charge is -2.25. The van der Waals surface area contributed by atoms with Crippen LogP contribution < -0.4 is 0 Å². The molecule has 0 heterocycles. The summed E-state index contributed by atoms with van der Waals surface area (Å²) < 4.78 is 27.0. The molecule has 1 aliphatic carbocycles. The molecule has 1 unspecified atom stereocenters. The first-order valence-corrected chi connectivity index (χ1v) is 8.50. The van der Waals surface area contributed by atoms with Crippen molar-refractivity contribution in [2.75, 3.05) is 13.7 Å². The highest BCUT2D eigenvalue weighted by Gasteiger charge is 2.36. The molecule has 4 nitrogen and oxygen atoms in total. The second-order valence-electron chi connectivity index (χ2n) is 5.54. The molecule has 114 valence electrons.